The third-order valence-electron chi connectivity index (χ3n) is 5.00. The minimum absolute atomic E-state index is 0.281. The number of para-hydroxylation sites is 1. The minimum atomic E-state index is 0.281. The molecule has 2 saturated heterocycles. The van der Waals surface area contributed by atoms with Gasteiger partial charge >= 0.3 is 0 Å². The molecule has 0 amide bonds. The van der Waals surface area contributed by atoms with Gasteiger partial charge in [0.05, 0.1) is 32.0 Å². The number of rotatable bonds is 12. The first-order valence-electron chi connectivity index (χ1n) is 10.1. The quantitative estimate of drug-likeness (QED) is 0.457. The van der Waals surface area contributed by atoms with Crippen molar-refractivity contribution in [2.45, 2.75) is 57.3 Å². The Hall–Kier alpha value is -1.14. The van der Waals surface area contributed by atoms with Crippen LogP contribution in [-0.4, -0.2) is 57.8 Å². The van der Waals surface area contributed by atoms with Crippen LogP contribution in [0.15, 0.2) is 24.3 Å². The molecule has 0 aliphatic carbocycles. The number of morpholine rings is 1. The number of unbranched alkanes of at least 4 members (excludes halogenated alkanes) is 3. The number of hydrogen-bond acceptors (Lipinski definition) is 5. The van der Waals surface area contributed by atoms with Crippen LogP contribution >= 0.6 is 0 Å². The van der Waals surface area contributed by atoms with E-state index in [1.54, 1.807) is 0 Å². The molecule has 26 heavy (non-hydrogen) atoms. The molecule has 0 radical (unpaired) electrons. The Kier molecular flexibility index (Phi) is 8.21. The highest BCUT2D eigenvalue weighted by atomic mass is 16.6. The van der Waals surface area contributed by atoms with Crippen LogP contribution in [0.5, 0.6) is 5.75 Å². The van der Waals surface area contributed by atoms with Gasteiger partial charge in [0.15, 0.2) is 0 Å². The van der Waals surface area contributed by atoms with Gasteiger partial charge in [-0.3, -0.25) is 0 Å². The fourth-order valence-corrected chi connectivity index (χ4v) is 3.32. The maximum Gasteiger partial charge on any atom is 0.122 e. The molecule has 146 valence electrons. The third kappa shape index (κ3) is 6.88. The lowest BCUT2D eigenvalue weighted by Crippen LogP contribution is -2.39. The normalized spacial score (nSPS) is 25.2. The molecule has 1 aromatic carbocycles. The van der Waals surface area contributed by atoms with Crippen LogP contribution in [0.1, 0.15) is 37.7 Å². The van der Waals surface area contributed by atoms with Crippen LogP contribution in [0.25, 0.3) is 0 Å². The smallest absolute Gasteiger partial charge is 0.122 e. The highest BCUT2D eigenvalue weighted by Gasteiger charge is 2.40. The van der Waals surface area contributed by atoms with E-state index in [-0.39, 0.29) is 6.10 Å². The van der Waals surface area contributed by atoms with Gasteiger partial charge in [-0.2, -0.15) is 0 Å². The van der Waals surface area contributed by atoms with E-state index in [1.165, 1.54) is 18.4 Å². The molecule has 0 spiro atoms. The monoisotopic (exact) mass is 363 g/mol. The maximum absolute atomic E-state index is 5.82. The first kappa shape index (κ1) is 19.6. The van der Waals surface area contributed by atoms with Gasteiger partial charge in [0.1, 0.15) is 11.9 Å². The number of hydrogen-bond donors (Lipinski definition) is 1. The molecule has 1 aromatic rings. The molecule has 2 heterocycles. The molecule has 5 nitrogen and oxygen atoms in total. The average molecular weight is 363 g/mol. The molecule has 2 aliphatic heterocycles. The number of epoxide rings is 1. The standard InChI is InChI=1S/C21H33NO4/c1-17-8-4-5-9-19(17)25-12-7-3-2-6-11-23-16-21-20(26-21)14-18-15-22-10-13-24-18/h4-5,8-9,18,20-22H,2-3,6-7,10-16H2,1H3. The molecule has 3 atom stereocenters. The van der Waals surface area contributed by atoms with Gasteiger partial charge in [-0.1, -0.05) is 24.6 Å². The first-order valence-corrected chi connectivity index (χ1v) is 10.1. The minimum Gasteiger partial charge on any atom is -0.493 e. The number of ether oxygens (including phenoxy) is 4. The van der Waals surface area contributed by atoms with Crippen LogP contribution in [0, 0.1) is 6.92 Å². The number of aryl methyl sites for hydroxylation is 1. The molecule has 2 aliphatic rings. The second-order valence-electron chi connectivity index (χ2n) is 7.25. The Morgan fingerprint density at radius 3 is 2.73 bits per heavy atom. The van der Waals surface area contributed by atoms with E-state index in [9.17, 15) is 0 Å². The summed E-state index contributed by atoms with van der Waals surface area (Å²) < 4.78 is 23.0. The predicted molar refractivity (Wildman–Crippen MR) is 102 cm³/mol. The van der Waals surface area contributed by atoms with Crippen LogP contribution in [0.2, 0.25) is 0 Å². The highest BCUT2D eigenvalue weighted by Crippen LogP contribution is 2.28. The molecule has 3 rings (SSSR count). The van der Waals surface area contributed by atoms with E-state index in [1.807, 2.05) is 18.2 Å². The van der Waals surface area contributed by atoms with Crippen LogP contribution in [-0.2, 0) is 14.2 Å². The molecule has 1 N–H and O–H groups in total. The number of nitrogens with one attached hydrogen (secondary N) is 1. The Morgan fingerprint density at radius 1 is 1.08 bits per heavy atom. The van der Waals surface area contributed by atoms with Crippen molar-refractivity contribution < 1.29 is 18.9 Å². The summed E-state index contributed by atoms with van der Waals surface area (Å²) in [5.74, 6) is 1.00. The van der Waals surface area contributed by atoms with E-state index in [0.29, 0.717) is 12.2 Å². The van der Waals surface area contributed by atoms with Gasteiger partial charge < -0.3 is 24.3 Å². The van der Waals surface area contributed by atoms with E-state index in [4.69, 9.17) is 18.9 Å². The first-order chi connectivity index (χ1) is 12.8. The molecular weight excluding hydrogens is 330 g/mol. The Morgan fingerprint density at radius 2 is 1.92 bits per heavy atom. The van der Waals surface area contributed by atoms with Crippen molar-refractivity contribution in [3.8, 4) is 5.75 Å². The van der Waals surface area contributed by atoms with Crippen molar-refractivity contribution in [3.63, 3.8) is 0 Å². The summed E-state index contributed by atoms with van der Waals surface area (Å²) in [4.78, 5) is 0. The molecular formula is C21H33NO4. The second-order valence-corrected chi connectivity index (χ2v) is 7.25. The Bertz CT molecular complexity index is 518. The summed E-state index contributed by atoms with van der Waals surface area (Å²) in [6, 6.07) is 8.18. The van der Waals surface area contributed by atoms with Crippen molar-refractivity contribution in [1.29, 1.82) is 0 Å². The topological polar surface area (TPSA) is 52.2 Å². The van der Waals surface area contributed by atoms with Crippen molar-refractivity contribution in [3.05, 3.63) is 29.8 Å². The fraction of sp³-hybridized carbons (Fsp3) is 0.714. The molecule has 0 bridgehead atoms. The van der Waals surface area contributed by atoms with Crippen LogP contribution in [0.4, 0.5) is 0 Å². The molecule has 0 aromatic heterocycles. The summed E-state index contributed by atoms with van der Waals surface area (Å²) in [7, 11) is 0. The SMILES string of the molecule is Cc1ccccc1OCCCCCCOCC1OC1CC1CNCCO1. The van der Waals surface area contributed by atoms with E-state index >= 15 is 0 Å². The predicted octanol–water partition coefficient (Wildman–Crippen LogP) is 3.10. The van der Waals surface area contributed by atoms with E-state index in [0.717, 1.165) is 64.5 Å². The Labute approximate surface area is 157 Å². The van der Waals surface area contributed by atoms with Crippen LogP contribution in [0.3, 0.4) is 0 Å². The summed E-state index contributed by atoms with van der Waals surface area (Å²) in [6.07, 6.45) is 6.48. The van der Waals surface area contributed by atoms with Gasteiger partial charge in [0, 0.05) is 26.1 Å². The lowest BCUT2D eigenvalue weighted by atomic mass is 10.1. The van der Waals surface area contributed by atoms with E-state index < -0.39 is 0 Å². The zero-order valence-corrected chi connectivity index (χ0v) is 16.0. The van der Waals surface area contributed by atoms with Gasteiger partial charge in [-0.05, 0) is 37.8 Å². The summed E-state index contributed by atoms with van der Waals surface area (Å²) >= 11 is 0. The molecule has 3 unspecified atom stereocenters. The van der Waals surface area contributed by atoms with Gasteiger partial charge in [0.2, 0.25) is 0 Å². The molecule has 5 heteroatoms. The largest absolute Gasteiger partial charge is 0.493 e. The van der Waals surface area contributed by atoms with Crippen molar-refractivity contribution in [2.24, 2.45) is 0 Å². The number of benzene rings is 1. The second kappa shape index (κ2) is 10.9. The van der Waals surface area contributed by atoms with Gasteiger partial charge in [-0.25, -0.2) is 0 Å². The Balaban J connectivity index is 1.11. The van der Waals surface area contributed by atoms with Gasteiger partial charge in [0.25, 0.3) is 0 Å². The zero-order chi connectivity index (χ0) is 18.0. The molecule has 0 saturated carbocycles. The van der Waals surface area contributed by atoms with E-state index in [2.05, 4.69) is 18.3 Å². The summed E-state index contributed by atoms with van der Waals surface area (Å²) in [5, 5.41) is 3.35. The molecule has 2 fully saturated rings. The lowest BCUT2D eigenvalue weighted by Gasteiger charge is -2.22. The third-order valence-corrected chi connectivity index (χ3v) is 5.00. The highest BCUT2D eigenvalue weighted by molar-refractivity contribution is 5.31. The lowest BCUT2D eigenvalue weighted by molar-refractivity contribution is 0.0192. The maximum atomic E-state index is 5.82. The van der Waals surface area contributed by atoms with Gasteiger partial charge in [-0.15, -0.1) is 0 Å². The zero-order valence-electron chi connectivity index (χ0n) is 16.0. The van der Waals surface area contributed by atoms with Crippen molar-refractivity contribution in [1.82, 2.24) is 5.32 Å². The summed E-state index contributed by atoms with van der Waals surface area (Å²) in [5.41, 5.74) is 1.20. The van der Waals surface area contributed by atoms with Crippen molar-refractivity contribution >= 4 is 0 Å². The van der Waals surface area contributed by atoms with Crippen molar-refractivity contribution in [2.75, 3.05) is 39.5 Å². The fourth-order valence-electron chi connectivity index (χ4n) is 3.32. The average Bonchev–Trinajstić information content (AvgIpc) is 3.40. The summed E-state index contributed by atoms with van der Waals surface area (Å²) in [6.45, 7) is 7.15. The van der Waals surface area contributed by atoms with Crippen LogP contribution < -0.4 is 10.1 Å².